The van der Waals surface area contributed by atoms with E-state index in [0.717, 1.165) is 23.7 Å². The van der Waals surface area contributed by atoms with Crippen LogP contribution >= 0.6 is 11.8 Å². The third kappa shape index (κ3) is 4.52. The van der Waals surface area contributed by atoms with Gasteiger partial charge in [-0.3, -0.25) is 0 Å². The summed E-state index contributed by atoms with van der Waals surface area (Å²) in [4.78, 5) is 5.50. The number of anilines is 3. The van der Waals surface area contributed by atoms with Gasteiger partial charge in [0.25, 0.3) is 0 Å². The van der Waals surface area contributed by atoms with Crippen LogP contribution in [0, 0.1) is 23.7 Å². The highest BCUT2D eigenvalue weighted by Gasteiger charge is 2.60. The normalized spacial score (nSPS) is 27.8. The summed E-state index contributed by atoms with van der Waals surface area (Å²) in [5.41, 5.74) is 13.1. The molecule has 0 aromatic heterocycles. The van der Waals surface area contributed by atoms with Crippen LogP contribution in [-0.2, 0) is 16.2 Å². The molecule has 2 heteroatoms. The maximum absolute atomic E-state index is 2.63. The average molecular weight is 672 g/mol. The van der Waals surface area contributed by atoms with Crippen LogP contribution < -0.4 is 4.90 Å². The second-order valence-electron chi connectivity index (χ2n) is 17.7. The van der Waals surface area contributed by atoms with Crippen molar-refractivity contribution in [3.63, 3.8) is 0 Å². The Morgan fingerprint density at radius 2 is 1.12 bits per heavy atom. The van der Waals surface area contributed by atoms with Gasteiger partial charge in [0.1, 0.15) is 0 Å². The first-order valence-corrected chi connectivity index (χ1v) is 20.1. The minimum atomic E-state index is 0.0993. The average Bonchev–Trinajstić information content (AvgIpc) is 3.12. The van der Waals surface area contributed by atoms with Crippen LogP contribution in [0.3, 0.4) is 0 Å². The van der Waals surface area contributed by atoms with Crippen molar-refractivity contribution in [3.8, 4) is 11.1 Å². The number of rotatable bonds is 4. The van der Waals surface area contributed by atoms with Gasteiger partial charge in [0, 0.05) is 26.6 Å². The predicted molar refractivity (Wildman–Crippen MR) is 210 cm³/mol. The number of para-hydroxylation sites is 1. The summed E-state index contributed by atoms with van der Waals surface area (Å²) in [6, 6.07) is 44.4. The Morgan fingerprint density at radius 1 is 0.520 bits per heavy atom. The molecule has 0 unspecified atom stereocenters. The zero-order valence-electron chi connectivity index (χ0n) is 30.1. The Kier molecular flexibility index (Phi) is 6.90. The molecular weight excluding hydrogens is 623 g/mol. The first-order valence-electron chi connectivity index (χ1n) is 19.2. The van der Waals surface area contributed by atoms with Crippen molar-refractivity contribution in [2.24, 2.45) is 23.7 Å². The molecule has 1 spiro atoms. The van der Waals surface area contributed by atoms with E-state index < -0.39 is 0 Å². The van der Waals surface area contributed by atoms with E-state index in [1.807, 2.05) is 11.8 Å². The Hall–Kier alpha value is -3.75. The molecule has 0 N–H and O–H groups in total. The van der Waals surface area contributed by atoms with E-state index >= 15 is 0 Å². The van der Waals surface area contributed by atoms with Crippen LogP contribution in [-0.4, -0.2) is 0 Å². The summed E-state index contributed by atoms with van der Waals surface area (Å²) in [5.74, 6) is 3.43. The third-order valence-electron chi connectivity index (χ3n) is 13.9. The maximum atomic E-state index is 2.63. The van der Waals surface area contributed by atoms with Crippen LogP contribution in [0.5, 0.6) is 0 Å². The minimum absolute atomic E-state index is 0.0993. The molecule has 0 amide bonds. The molecule has 5 aromatic rings. The smallest absolute Gasteiger partial charge is 0.0502 e. The molecule has 0 radical (unpaired) electrons. The van der Waals surface area contributed by atoms with E-state index in [4.69, 9.17) is 0 Å². The topological polar surface area (TPSA) is 3.24 Å². The van der Waals surface area contributed by atoms with Gasteiger partial charge >= 0.3 is 0 Å². The Labute approximate surface area is 303 Å². The maximum Gasteiger partial charge on any atom is 0.0502 e. The Morgan fingerprint density at radius 3 is 1.86 bits per heavy atom. The number of benzene rings is 5. The summed E-state index contributed by atoms with van der Waals surface area (Å²) in [6.45, 7) is 9.74. The highest BCUT2D eigenvalue weighted by atomic mass is 32.2. The van der Waals surface area contributed by atoms with Crippen molar-refractivity contribution in [3.05, 3.63) is 138 Å². The SMILES string of the molecule is CC1(C)CCC(C)(C)c2c(N(c3ccccc3)c3ccc(-c4ccc5c(c4)C4(c6ccccc6S5)C5CC6CC(C5)CC4C6)cc3)cccc21. The van der Waals surface area contributed by atoms with E-state index in [2.05, 4.69) is 148 Å². The van der Waals surface area contributed by atoms with Gasteiger partial charge < -0.3 is 4.90 Å². The lowest BCUT2D eigenvalue weighted by Gasteiger charge is -2.63. The van der Waals surface area contributed by atoms with Gasteiger partial charge in [-0.25, -0.2) is 0 Å². The molecular formula is C48H49NS. The van der Waals surface area contributed by atoms with Gasteiger partial charge in [0.05, 0.1) is 5.69 Å². The van der Waals surface area contributed by atoms with Crippen LogP contribution in [0.4, 0.5) is 17.1 Å². The van der Waals surface area contributed by atoms with E-state index in [0.29, 0.717) is 0 Å². The molecule has 4 fully saturated rings. The Bertz CT molecular complexity index is 2080. The van der Waals surface area contributed by atoms with E-state index in [9.17, 15) is 0 Å². The summed E-state index contributed by atoms with van der Waals surface area (Å²) in [6.07, 6.45) is 9.55. The molecule has 6 aliphatic rings. The van der Waals surface area contributed by atoms with Crippen LogP contribution in [0.15, 0.2) is 125 Å². The van der Waals surface area contributed by atoms with Gasteiger partial charge in [-0.1, -0.05) is 106 Å². The molecule has 5 aliphatic carbocycles. The van der Waals surface area contributed by atoms with Crippen molar-refractivity contribution in [2.45, 2.75) is 98.7 Å². The molecule has 1 heterocycles. The zero-order valence-corrected chi connectivity index (χ0v) is 30.9. The number of hydrogen-bond donors (Lipinski definition) is 0. The predicted octanol–water partition coefficient (Wildman–Crippen LogP) is 13.4. The second-order valence-corrected chi connectivity index (χ2v) is 18.8. The fraction of sp³-hybridized carbons (Fsp3) is 0.375. The van der Waals surface area contributed by atoms with Gasteiger partial charge in [0.15, 0.2) is 0 Å². The summed E-state index contributed by atoms with van der Waals surface area (Å²) in [7, 11) is 0. The van der Waals surface area contributed by atoms with Crippen LogP contribution in [0.25, 0.3) is 11.1 Å². The lowest BCUT2D eigenvalue weighted by atomic mass is 9.42. The molecule has 1 aliphatic heterocycles. The fourth-order valence-electron chi connectivity index (χ4n) is 11.8. The summed E-state index contributed by atoms with van der Waals surface area (Å²) in [5, 5.41) is 0. The van der Waals surface area contributed by atoms with Crippen LogP contribution in [0.2, 0.25) is 0 Å². The van der Waals surface area contributed by atoms with Crippen molar-refractivity contribution >= 4 is 28.8 Å². The van der Waals surface area contributed by atoms with Gasteiger partial charge in [-0.05, 0) is 161 Å². The largest absolute Gasteiger partial charge is 0.310 e. The quantitative estimate of drug-likeness (QED) is 0.187. The molecule has 11 rings (SSSR count). The van der Waals surface area contributed by atoms with E-state index in [1.54, 1.807) is 11.1 Å². The number of nitrogens with zero attached hydrogens (tertiary/aromatic N) is 1. The lowest BCUT2D eigenvalue weighted by Crippen LogP contribution is -2.57. The van der Waals surface area contributed by atoms with Crippen LogP contribution in [0.1, 0.15) is 94.9 Å². The first kappa shape index (κ1) is 31.0. The molecule has 50 heavy (non-hydrogen) atoms. The van der Waals surface area contributed by atoms with Gasteiger partial charge in [0.2, 0.25) is 0 Å². The lowest BCUT2D eigenvalue weighted by molar-refractivity contribution is -0.0443. The molecule has 0 saturated heterocycles. The fourth-order valence-corrected chi connectivity index (χ4v) is 13.0. The van der Waals surface area contributed by atoms with Gasteiger partial charge in [-0.2, -0.15) is 0 Å². The zero-order chi connectivity index (χ0) is 33.8. The minimum Gasteiger partial charge on any atom is -0.310 e. The molecule has 4 saturated carbocycles. The highest BCUT2D eigenvalue weighted by Crippen LogP contribution is 2.69. The van der Waals surface area contributed by atoms with Crippen molar-refractivity contribution in [1.82, 2.24) is 0 Å². The summed E-state index contributed by atoms with van der Waals surface area (Å²) >= 11 is 2.01. The second kappa shape index (κ2) is 11.1. The highest BCUT2D eigenvalue weighted by molar-refractivity contribution is 7.99. The van der Waals surface area contributed by atoms with Crippen molar-refractivity contribution in [1.29, 1.82) is 0 Å². The molecule has 5 aromatic carbocycles. The third-order valence-corrected chi connectivity index (χ3v) is 15.1. The number of fused-ring (bicyclic) bond motifs is 3. The van der Waals surface area contributed by atoms with E-state index in [-0.39, 0.29) is 16.2 Å². The standard InChI is InChI=1S/C48H49NS/c1-46(2)23-24-47(3,4)45-40(46)14-10-15-42(45)49(37-11-6-5-7-12-37)38-20-17-33(18-21-38)34-19-22-44-41(30-34)48(39-13-8-9-16-43(39)50-44)35-26-31-25-32(28-35)29-36(48)27-31/h5-22,30-32,35-36H,23-29H2,1-4H3. The van der Waals surface area contributed by atoms with Gasteiger partial charge in [-0.15, -0.1) is 0 Å². The van der Waals surface area contributed by atoms with Crippen molar-refractivity contribution in [2.75, 3.05) is 4.90 Å². The monoisotopic (exact) mass is 671 g/mol. The van der Waals surface area contributed by atoms with Crippen molar-refractivity contribution < 1.29 is 0 Å². The van der Waals surface area contributed by atoms with E-state index in [1.165, 1.54) is 94.1 Å². The molecule has 252 valence electrons. The first-order chi connectivity index (χ1) is 24.2. The molecule has 4 bridgehead atoms. The summed E-state index contributed by atoms with van der Waals surface area (Å²) < 4.78 is 0. The molecule has 0 atom stereocenters. The number of hydrogen-bond acceptors (Lipinski definition) is 2. The molecule has 1 nitrogen and oxygen atoms in total. The Balaban J connectivity index is 1.08.